The number of ether oxygens (including phenoxy) is 2. The highest BCUT2D eigenvalue weighted by Gasteiger charge is 2.54. The summed E-state index contributed by atoms with van der Waals surface area (Å²) in [5.41, 5.74) is 0. The molecule has 2 heterocycles. The average molecular weight is 450 g/mol. The van der Waals surface area contributed by atoms with E-state index >= 15 is 0 Å². The van der Waals surface area contributed by atoms with Gasteiger partial charge in [-0.2, -0.15) is 0 Å². The lowest BCUT2D eigenvalue weighted by molar-refractivity contribution is -0.285. The Bertz CT molecular complexity index is 670. The largest absolute Gasteiger partial charge is 0.479 e. The van der Waals surface area contributed by atoms with Crippen molar-refractivity contribution >= 4 is 19.8 Å². The van der Waals surface area contributed by atoms with Crippen LogP contribution in [0.15, 0.2) is 0 Å². The number of rotatable bonds is 6. The van der Waals surface area contributed by atoms with Gasteiger partial charge in [0.15, 0.2) is 24.8 Å². The molecular formula is C12H19O16P. The van der Waals surface area contributed by atoms with E-state index in [1.54, 1.807) is 0 Å². The van der Waals surface area contributed by atoms with E-state index in [2.05, 4.69) is 18.5 Å². The highest BCUT2D eigenvalue weighted by atomic mass is 31.2. The average Bonchev–Trinajstić information content (AvgIpc) is 2.61. The van der Waals surface area contributed by atoms with Crippen molar-refractivity contribution in [2.45, 2.75) is 61.4 Å². The quantitative estimate of drug-likeness (QED) is 0.171. The molecule has 2 aliphatic rings. The van der Waals surface area contributed by atoms with Crippen LogP contribution in [-0.2, 0) is 32.7 Å². The maximum absolute atomic E-state index is 12.2. The Morgan fingerprint density at radius 1 is 0.690 bits per heavy atom. The van der Waals surface area contributed by atoms with Gasteiger partial charge in [-0.3, -0.25) is 9.05 Å². The van der Waals surface area contributed by atoms with Crippen molar-refractivity contribution in [3.8, 4) is 0 Å². The standard InChI is InChI=1S/C12H19O16P/c13-1-2(14)7(12(22)25-6(1)9(17)18)28-29(23,24)27-5-3(15)4(16)11(21)26-8(5)10(19)20/h1-8,11-16,21-22H,(H,17,18)(H,19,20)(H,23,24)/t1-,2?,3?,4+,5+,6?,7-,8?,11?,12?/m1/s1. The summed E-state index contributed by atoms with van der Waals surface area (Å²) < 4.78 is 30.1. The summed E-state index contributed by atoms with van der Waals surface area (Å²) in [5.74, 6) is -3.63. The molecule has 0 saturated carbocycles. The zero-order chi connectivity index (χ0) is 22.3. The van der Waals surface area contributed by atoms with E-state index in [1.807, 2.05) is 0 Å². The molecule has 17 heteroatoms. The molecule has 0 amide bonds. The van der Waals surface area contributed by atoms with Crippen molar-refractivity contribution < 1.29 is 78.4 Å². The number of aliphatic hydroxyl groups excluding tert-OH is 6. The molecule has 0 bridgehead atoms. The lowest BCUT2D eigenvalue weighted by atomic mass is 9.99. The molecule has 2 rings (SSSR count). The fourth-order valence-corrected chi connectivity index (χ4v) is 3.80. The molecule has 2 aliphatic heterocycles. The lowest BCUT2D eigenvalue weighted by Gasteiger charge is -2.41. The van der Waals surface area contributed by atoms with E-state index in [4.69, 9.17) is 10.2 Å². The Hall–Kier alpha value is -1.27. The van der Waals surface area contributed by atoms with Crippen LogP contribution >= 0.6 is 7.82 Å². The number of phosphoric ester groups is 1. The topological polar surface area (TPSA) is 270 Å². The van der Waals surface area contributed by atoms with Crippen molar-refractivity contribution in [1.29, 1.82) is 0 Å². The van der Waals surface area contributed by atoms with Crippen molar-refractivity contribution in [2.24, 2.45) is 0 Å². The van der Waals surface area contributed by atoms with Gasteiger partial charge in [0.1, 0.15) is 36.6 Å². The second kappa shape index (κ2) is 8.84. The molecule has 29 heavy (non-hydrogen) atoms. The number of aliphatic hydroxyl groups is 6. The van der Waals surface area contributed by atoms with Gasteiger partial charge in [0, 0.05) is 0 Å². The number of carbonyl (C=O) groups is 2. The van der Waals surface area contributed by atoms with E-state index in [0.717, 1.165) is 0 Å². The maximum Gasteiger partial charge on any atom is 0.473 e. The zero-order valence-electron chi connectivity index (χ0n) is 14.1. The van der Waals surface area contributed by atoms with E-state index in [1.165, 1.54) is 0 Å². The summed E-state index contributed by atoms with van der Waals surface area (Å²) >= 11 is 0. The van der Waals surface area contributed by atoms with Crippen LogP contribution in [0.25, 0.3) is 0 Å². The van der Waals surface area contributed by atoms with Crippen molar-refractivity contribution in [3.63, 3.8) is 0 Å². The first-order valence-electron chi connectivity index (χ1n) is 7.81. The molecule has 7 unspecified atom stereocenters. The second-order valence-electron chi connectivity index (χ2n) is 6.14. The lowest BCUT2D eigenvalue weighted by Crippen LogP contribution is -2.61. The van der Waals surface area contributed by atoms with Gasteiger partial charge in [-0.25, -0.2) is 14.2 Å². The minimum atomic E-state index is -5.49. The van der Waals surface area contributed by atoms with Crippen LogP contribution in [0.4, 0.5) is 0 Å². The fraction of sp³-hybridized carbons (Fsp3) is 0.833. The van der Waals surface area contributed by atoms with Crippen molar-refractivity contribution in [3.05, 3.63) is 0 Å². The van der Waals surface area contributed by atoms with Crippen molar-refractivity contribution in [2.75, 3.05) is 0 Å². The Balaban J connectivity index is 2.17. The van der Waals surface area contributed by atoms with Crippen LogP contribution in [0.3, 0.4) is 0 Å². The molecule has 2 fully saturated rings. The molecule has 2 saturated heterocycles. The highest BCUT2D eigenvalue weighted by molar-refractivity contribution is 7.47. The predicted octanol–water partition coefficient (Wildman–Crippen LogP) is -5.10. The number of phosphoric acid groups is 1. The van der Waals surface area contributed by atoms with Gasteiger partial charge in [0.05, 0.1) is 0 Å². The summed E-state index contributed by atoms with van der Waals surface area (Å²) in [6, 6.07) is 0. The van der Waals surface area contributed by atoms with Gasteiger partial charge < -0.3 is 55.2 Å². The molecule has 9 N–H and O–H groups in total. The monoisotopic (exact) mass is 450 g/mol. The Morgan fingerprint density at radius 3 is 1.66 bits per heavy atom. The number of carboxylic acid groups (broad SMARTS) is 2. The first-order valence-corrected chi connectivity index (χ1v) is 9.31. The summed E-state index contributed by atoms with van der Waals surface area (Å²) in [6.45, 7) is 0. The number of hydrogen-bond donors (Lipinski definition) is 9. The van der Waals surface area contributed by atoms with Gasteiger partial charge in [-0.1, -0.05) is 0 Å². The minimum Gasteiger partial charge on any atom is -0.479 e. The first kappa shape index (κ1) is 24.0. The fourth-order valence-electron chi connectivity index (χ4n) is 2.67. The summed E-state index contributed by atoms with van der Waals surface area (Å²) in [6.07, 6.45) is -22.2. The normalized spacial score (nSPS) is 45.3. The van der Waals surface area contributed by atoms with Crippen LogP contribution in [0.1, 0.15) is 0 Å². The molecular weight excluding hydrogens is 431 g/mol. The van der Waals surface area contributed by atoms with Crippen LogP contribution in [-0.4, -0.2) is 119 Å². The van der Waals surface area contributed by atoms with E-state index in [9.17, 15) is 49.7 Å². The SMILES string of the molecule is O=C(O)C1OC(O)[C@H](OP(=O)(O)O[C@@H]2C(C(=O)O)OC(O)[C@@H](O)C2O)C(O)[C@H]1O. The third-order valence-corrected chi connectivity index (χ3v) is 5.14. The van der Waals surface area contributed by atoms with E-state index in [-0.39, 0.29) is 0 Å². The smallest absolute Gasteiger partial charge is 0.473 e. The van der Waals surface area contributed by atoms with Gasteiger partial charge >= 0.3 is 19.8 Å². The van der Waals surface area contributed by atoms with Crippen LogP contribution in [0.2, 0.25) is 0 Å². The molecule has 0 spiro atoms. The molecule has 11 atom stereocenters. The van der Waals surface area contributed by atoms with E-state index < -0.39 is 81.2 Å². The van der Waals surface area contributed by atoms with Crippen LogP contribution in [0, 0.1) is 0 Å². The van der Waals surface area contributed by atoms with Crippen molar-refractivity contribution in [1.82, 2.24) is 0 Å². The molecule has 16 nitrogen and oxygen atoms in total. The van der Waals surface area contributed by atoms with Gasteiger partial charge in [-0.15, -0.1) is 0 Å². The number of carboxylic acids is 2. The molecule has 0 radical (unpaired) electrons. The van der Waals surface area contributed by atoms with E-state index in [0.29, 0.717) is 0 Å². The third kappa shape index (κ3) is 5.08. The zero-order valence-corrected chi connectivity index (χ0v) is 15.0. The molecule has 168 valence electrons. The summed E-state index contributed by atoms with van der Waals surface area (Å²) in [4.78, 5) is 31.9. The van der Waals surface area contributed by atoms with Crippen LogP contribution in [0.5, 0.6) is 0 Å². The summed E-state index contributed by atoms with van der Waals surface area (Å²) in [7, 11) is -5.49. The third-order valence-electron chi connectivity index (χ3n) is 4.12. The molecule has 0 aromatic heterocycles. The Labute approximate surface area is 160 Å². The first-order chi connectivity index (χ1) is 13.3. The minimum absolute atomic E-state index is 1.77. The molecule has 0 aromatic carbocycles. The number of hydrogen-bond acceptors (Lipinski definition) is 13. The highest BCUT2D eigenvalue weighted by Crippen LogP contribution is 2.49. The maximum atomic E-state index is 12.2. The van der Waals surface area contributed by atoms with Gasteiger partial charge in [0.2, 0.25) is 0 Å². The second-order valence-corrected chi connectivity index (χ2v) is 7.50. The number of aliphatic carboxylic acids is 2. The van der Waals surface area contributed by atoms with Crippen LogP contribution < -0.4 is 0 Å². The summed E-state index contributed by atoms with van der Waals surface area (Å²) in [5, 5.41) is 75.8. The molecule has 0 aromatic rings. The molecule has 0 aliphatic carbocycles. The van der Waals surface area contributed by atoms with Gasteiger partial charge in [0.25, 0.3) is 0 Å². The van der Waals surface area contributed by atoms with Gasteiger partial charge in [-0.05, 0) is 0 Å². The predicted molar refractivity (Wildman–Crippen MR) is 80.6 cm³/mol. The Kier molecular flexibility index (Phi) is 7.32. The Morgan fingerprint density at radius 2 is 1.14 bits per heavy atom.